The zero-order chi connectivity index (χ0) is 21.5. The van der Waals surface area contributed by atoms with Crippen LogP contribution in [-0.2, 0) is 0 Å². The third-order valence-electron chi connectivity index (χ3n) is 4.25. The van der Waals surface area contributed by atoms with Gasteiger partial charge < -0.3 is 14.2 Å². The van der Waals surface area contributed by atoms with Crippen molar-refractivity contribution in [2.24, 2.45) is 0 Å². The van der Waals surface area contributed by atoms with Gasteiger partial charge in [-0.1, -0.05) is 34.1 Å². The molecule has 0 saturated carbocycles. The number of allylic oxidation sites excluding steroid dienone is 1. The number of halogens is 1. The van der Waals surface area contributed by atoms with Crippen LogP contribution in [0.4, 0.5) is 0 Å². The fourth-order valence-corrected chi connectivity index (χ4v) is 3.20. The van der Waals surface area contributed by atoms with Gasteiger partial charge in [-0.25, -0.2) is 4.79 Å². The molecule has 0 amide bonds. The normalized spacial score (nSPS) is 10.8. The minimum Gasteiger partial charge on any atom is -0.493 e. The highest BCUT2D eigenvalue weighted by molar-refractivity contribution is 9.10. The minimum atomic E-state index is -0.460. The van der Waals surface area contributed by atoms with Crippen LogP contribution in [0.3, 0.4) is 0 Å². The van der Waals surface area contributed by atoms with Crippen molar-refractivity contribution in [3.63, 3.8) is 0 Å². The molecule has 6 heteroatoms. The second-order valence-corrected chi connectivity index (χ2v) is 7.13. The molecule has 0 fully saturated rings. The van der Waals surface area contributed by atoms with E-state index in [2.05, 4.69) is 22.0 Å². The molecule has 0 heterocycles. The van der Waals surface area contributed by atoms with Gasteiger partial charge in [0.05, 0.1) is 31.4 Å². The lowest BCUT2D eigenvalue weighted by atomic mass is 10.0. The Morgan fingerprint density at radius 1 is 0.933 bits per heavy atom. The van der Waals surface area contributed by atoms with E-state index in [1.165, 1.54) is 0 Å². The largest absolute Gasteiger partial charge is 0.493 e. The predicted molar refractivity (Wildman–Crippen MR) is 119 cm³/mol. The van der Waals surface area contributed by atoms with E-state index in [-0.39, 0.29) is 0 Å². The first-order chi connectivity index (χ1) is 14.5. The van der Waals surface area contributed by atoms with Gasteiger partial charge in [0.25, 0.3) is 0 Å². The summed E-state index contributed by atoms with van der Waals surface area (Å²) in [6.45, 7) is 0. The van der Waals surface area contributed by atoms with E-state index >= 15 is 0 Å². The van der Waals surface area contributed by atoms with Crippen molar-refractivity contribution in [3.8, 4) is 23.3 Å². The van der Waals surface area contributed by atoms with Gasteiger partial charge >= 0.3 is 5.97 Å². The molecule has 0 N–H and O–H groups in total. The lowest BCUT2D eigenvalue weighted by Crippen LogP contribution is -2.08. The molecular weight excluding hydrogens is 446 g/mol. The molecule has 0 bridgehead atoms. The summed E-state index contributed by atoms with van der Waals surface area (Å²) in [4.78, 5) is 12.4. The number of ether oxygens (including phenoxy) is 3. The summed E-state index contributed by atoms with van der Waals surface area (Å²) in [5.74, 6) is 1.05. The molecule has 0 aliphatic carbocycles. The number of hydrogen-bond donors (Lipinski definition) is 0. The maximum atomic E-state index is 12.4. The fraction of sp³-hybridized carbons (Fsp3) is 0.0833. The third-order valence-corrected chi connectivity index (χ3v) is 4.75. The van der Waals surface area contributed by atoms with Crippen molar-refractivity contribution in [3.05, 3.63) is 87.9 Å². The van der Waals surface area contributed by atoms with E-state index in [0.29, 0.717) is 33.9 Å². The Hall–Kier alpha value is -3.56. The molecule has 0 unspecified atom stereocenters. The van der Waals surface area contributed by atoms with E-state index in [1.807, 2.05) is 12.1 Å². The van der Waals surface area contributed by atoms with Gasteiger partial charge in [0.2, 0.25) is 0 Å². The Balaban J connectivity index is 1.86. The molecule has 0 aromatic heterocycles. The molecule has 0 saturated heterocycles. The number of esters is 1. The lowest BCUT2D eigenvalue weighted by molar-refractivity contribution is 0.0734. The number of hydrogen-bond acceptors (Lipinski definition) is 5. The highest BCUT2D eigenvalue weighted by Gasteiger charge is 2.11. The molecule has 0 aliphatic rings. The molecule has 0 radical (unpaired) electrons. The van der Waals surface area contributed by atoms with Crippen LogP contribution in [0.25, 0.3) is 11.6 Å². The maximum Gasteiger partial charge on any atom is 0.343 e. The second-order valence-electron chi connectivity index (χ2n) is 6.21. The average Bonchev–Trinajstić information content (AvgIpc) is 2.77. The van der Waals surface area contributed by atoms with Gasteiger partial charge in [0.15, 0.2) is 11.5 Å². The van der Waals surface area contributed by atoms with E-state index < -0.39 is 5.97 Å². The van der Waals surface area contributed by atoms with E-state index in [4.69, 9.17) is 14.2 Å². The number of carbonyl (C=O) groups excluding carboxylic acids is 1. The third kappa shape index (κ3) is 5.07. The molecule has 3 aromatic carbocycles. The van der Waals surface area contributed by atoms with Crippen LogP contribution < -0.4 is 14.2 Å². The summed E-state index contributed by atoms with van der Waals surface area (Å²) >= 11 is 3.34. The van der Waals surface area contributed by atoms with E-state index in [1.54, 1.807) is 74.9 Å². The molecule has 150 valence electrons. The minimum absolute atomic E-state index is 0.387. The average molecular weight is 464 g/mol. The highest BCUT2D eigenvalue weighted by Crippen LogP contribution is 2.31. The van der Waals surface area contributed by atoms with Gasteiger partial charge in [-0.05, 0) is 65.7 Å². The topological polar surface area (TPSA) is 68.5 Å². The van der Waals surface area contributed by atoms with Crippen LogP contribution in [0.15, 0.2) is 71.2 Å². The van der Waals surface area contributed by atoms with Crippen molar-refractivity contribution in [1.82, 2.24) is 0 Å². The fourth-order valence-electron chi connectivity index (χ4n) is 2.80. The zero-order valence-electron chi connectivity index (χ0n) is 16.4. The molecular formula is C24H18BrNO4. The summed E-state index contributed by atoms with van der Waals surface area (Å²) in [6.07, 6.45) is 1.72. The summed E-state index contributed by atoms with van der Waals surface area (Å²) in [7, 11) is 3.10. The van der Waals surface area contributed by atoms with Crippen LogP contribution in [0.1, 0.15) is 21.5 Å². The molecule has 3 aromatic rings. The van der Waals surface area contributed by atoms with Crippen molar-refractivity contribution >= 4 is 33.5 Å². The Morgan fingerprint density at radius 3 is 2.40 bits per heavy atom. The van der Waals surface area contributed by atoms with E-state index in [9.17, 15) is 10.1 Å². The van der Waals surface area contributed by atoms with Gasteiger partial charge in [0, 0.05) is 4.47 Å². The number of methoxy groups -OCH3 is 2. The molecule has 0 spiro atoms. The molecule has 30 heavy (non-hydrogen) atoms. The Kier molecular flexibility index (Phi) is 6.89. The van der Waals surface area contributed by atoms with Gasteiger partial charge in [-0.15, -0.1) is 0 Å². The van der Waals surface area contributed by atoms with Crippen molar-refractivity contribution < 1.29 is 19.0 Å². The standard InChI is InChI=1S/C24H18BrNO4/c1-28-22-10-9-17(14-23(22)29-2)19(15-26)11-16-5-3-8-21(12-16)30-24(27)18-6-4-7-20(25)13-18/h3-14H,1-2H3/b19-11-. The first-order valence-electron chi connectivity index (χ1n) is 8.96. The summed E-state index contributed by atoms with van der Waals surface area (Å²) in [5.41, 5.74) is 2.28. The second kappa shape index (κ2) is 9.77. The quantitative estimate of drug-likeness (QED) is 0.201. The SMILES string of the molecule is COc1ccc(/C(C#N)=C\c2cccc(OC(=O)c3cccc(Br)c3)c2)cc1OC. The number of nitrogens with zero attached hydrogens (tertiary/aromatic N) is 1. The number of nitriles is 1. The van der Waals surface area contributed by atoms with Gasteiger partial charge in [0.1, 0.15) is 5.75 Å². The molecule has 5 nitrogen and oxygen atoms in total. The lowest BCUT2D eigenvalue weighted by Gasteiger charge is -2.09. The van der Waals surface area contributed by atoms with Crippen LogP contribution in [0.5, 0.6) is 17.2 Å². The summed E-state index contributed by atoms with van der Waals surface area (Å²) in [6, 6.07) is 21.4. The maximum absolute atomic E-state index is 12.4. The first-order valence-corrected chi connectivity index (χ1v) is 9.75. The van der Waals surface area contributed by atoms with Crippen molar-refractivity contribution in [2.75, 3.05) is 14.2 Å². The van der Waals surface area contributed by atoms with Gasteiger partial charge in [-0.3, -0.25) is 0 Å². The Labute approximate surface area is 183 Å². The smallest absolute Gasteiger partial charge is 0.343 e. The van der Waals surface area contributed by atoms with Gasteiger partial charge in [-0.2, -0.15) is 5.26 Å². The molecule has 0 aliphatic heterocycles. The number of benzene rings is 3. The predicted octanol–water partition coefficient (Wildman–Crippen LogP) is 5.75. The number of carbonyl (C=O) groups is 1. The number of rotatable bonds is 6. The Bertz CT molecular complexity index is 1150. The van der Waals surface area contributed by atoms with Crippen LogP contribution >= 0.6 is 15.9 Å². The van der Waals surface area contributed by atoms with Crippen LogP contribution in [0.2, 0.25) is 0 Å². The first kappa shape index (κ1) is 21.2. The molecule has 3 rings (SSSR count). The van der Waals surface area contributed by atoms with E-state index in [0.717, 1.165) is 10.0 Å². The molecule has 0 atom stereocenters. The monoisotopic (exact) mass is 463 g/mol. The van der Waals surface area contributed by atoms with Crippen LogP contribution in [-0.4, -0.2) is 20.2 Å². The zero-order valence-corrected chi connectivity index (χ0v) is 18.0. The van der Waals surface area contributed by atoms with Crippen LogP contribution in [0, 0.1) is 11.3 Å². The van der Waals surface area contributed by atoms with Crippen molar-refractivity contribution in [1.29, 1.82) is 5.26 Å². The Morgan fingerprint density at radius 2 is 1.70 bits per heavy atom. The van der Waals surface area contributed by atoms with Crippen molar-refractivity contribution in [2.45, 2.75) is 0 Å². The highest BCUT2D eigenvalue weighted by atomic mass is 79.9. The summed E-state index contributed by atoms with van der Waals surface area (Å²) < 4.78 is 16.8. The summed E-state index contributed by atoms with van der Waals surface area (Å²) in [5, 5.41) is 9.64.